The van der Waals surface area contributed by atoms with Crippen molar-refractivity contribution in [3.8, 4) is 0 Å². The Labute approximate surface area is 100 Å². The van der Waals surface area contributed by atoms with Crippen LogP contribution in [0.2, 0.25) is 0 Å². The smallest absolute Gasteiger partial charge is 0.397 e. The largest absolute Gasteiger partial charge is 0.459 e. The van der Waals surface area contributed by atoms with Crippen LogP contribution in [0.4, 0.5) is 0 Å². The Morgan fingerprint density at radius 1 is 1.35 bits per heavy atom. The number of nitrogens with two attached hydrogens (primary N) is 1. The molecule has 6 nitrogen and oxygen atoms in total. The number of carbonyl (C=O) groups excluding carboxylic acids is 3. The van der Waals surface area contributed by atoms with Gasteiger partial charge in [0.25, 0.3) is 0 Å². The minimum Gasteiger partial charge on any atom is -0.459 e. The van der Waals surface area contributed by atoms with Gasteiger partial charge in [0.2, 0.25) is 5.91 Å². The van der Waals surface area contributed by atoms with Crippen LogP contribution in [-0.4, -0.2) is 41.9 Å². The number of amides is 2. The van der Waals surface area contributed by atoms with E-state index in [9.17, 15) is 14.4 Å². The van der Waals surface area contributed by atoms with Gasteiger partial charge in [0.1, 0.15) is 0 Å². The van der Waals surface area contributed by atoms with Gasteiger partial charge in [0.15, 0.2) is 0 Å². The number of hydrogen-bond donors (Lipinski definition) is 1. The predicted molar refractivity (Wildman–Crippen MR) is 59.7 cm³/mol. The Balaban J connectivity index is 2.69. The molecule has 6 heteroatoms. The third kappa shape index (κ3) is 3.18. The highest BCUT2D eigenvalue weighted by Gasteiger charge is 2.34. The van der Waals surface area contributed by atoms with Gasteiger partial charge >= 0.3 is 11.9 Å². The number of ether oxygens (including phenoxy) is 1. The first-order chi connectivity index (χ1) is 7.97. The van der Waals surface area contributed by atoms with Gasteiger partial charge in [0.05, 0.1) is 12.5 Å². The summed E-state index contributed by atoms with van der Waals surface area (Å²) in [5.74, 6) is -2.36. The second kappa shape index (κ2) is 5.65. The number of hydrogen-bond acceptors (Lipinski definition) is 4. The molecule has 2 atom stereocenters. The Hall–Kier alpha value is -1.59. The molecule has 1 aliphatic heterocycles. The summed E-state index contributed by atoms with van der Waals surface area (Å²) in [5.41, 5.74) is 5.22. The van der Waals surface area contributed by atoms with E-state index in [4.69, 9.17) is 5.73 Å². The zero-order valence-electron chi connectivity index (χ0n) is 10.1. The Kier molecular flexibility index (Phi) is 4.48. The average molecular weight is 242 g/mol. The summed E-state index contributed by atoms with van der Waals surface area (Å²) in [6.07, 6.45) is 1.32. The molecule has 2 amide bonds. The van der Waals surface area contributed by atoms with Crippen LogP contribution in [-0.2, 0) is 19.1 Å². The monoisotopic (exact) mass is 242 g/mol. The fourth-order valence-corrected chi connectivity index (χ4v) is 1.93. The number of piperidine rings is 1. The van der Waals surface area contributed by atoms with Gasteiger partial charge < -0.3 is 15.4 Å². The van der Waals surface area contributed by atoms with Crippen LogP contribution >= 0.6 is 0 Å². The standard InChI is InChI=1S/C11H18N2O4/c1-3-17-11(16)10(15)13-6-8(9(12)14)5-4-7(13)2/h7-8H,3-6H2,1-2H3,(H2,12,14). The molecule has 1 saturated heterocycles. The highest BCUT2D eigenvalue weighted by molar-refractivity contribution is 6.32. The number of likely N-dealkylation sites (tertiary alicyclic amines) is 1. The maximum atomic E-state index is 11.8. The maximum absolute atomic E-state index is 11.8. The van der Waals surface area contributed by atoms with Gasteiger partial charge in [-0.1, -0.05) is 0 Å². The Bertz CT molecular complexity index is 329. The first-order valence-electron chi connectivity index (χ1n) is 5.74. The van der Waals surface area contributed by atoms with Crippen LogP contribution in [0, 0.1) is 5.92 Å². The van der Waals surface area contributed by atoms with Gasteiger partial charge in [-0.2, -0.15) is 0 Å². The van der Waals surface area contributed by atoms with Crippen molar-refractivity contribution < 1.29 is 19.1 Å². The molecule has 0 aliphatic carbocycles. The second-order valence-electron chi connectivity index (χ2n) is 4.20. The summed E-state index contributed by atoms with van der Waals surface area (Å²) >= 11 is 0. The summed E-state index contributed by atoms with van der Waals surface area (Å²) < 4.78 is 4.65. The molecule has 0 spiro atoms. The Morgan fingerprint density at radius 3 is 2.53 bits per heavy atom. The van der Waals surface area contributed by atoms with Gasteiger partial charge in [-0.05, 0) is 26.7 Å². The van der Waals surface area contributed by atoms with E-state index in [-0.39, 0.29) is 25.1 Å². The highest BCUT2D eigenvalue weighted by atomic mass is 16.5. The quantitative estimate of drug-likeness (QED) is 0.530. The zero-order valence-corrected chi connectivity index (χ0v) is 10.1. The number of primary amides is 1. The molecule has 96 valence electrons. The lowest BCUT2D eigenvalue weighted by molar-refractivity contribution is -0.162. The number of carbonyl (C=O) groups is 3. The van der Waals surface area contributed by atoms with Crippen molar-refractivity contribution in [2.24, 2.45) is 11.7 Å². The van der Waals surface area contributed by atoms with Crippen molar-refractivity contribution in [2.75, 3.05) is 13.2 Å². The first kappa shape index (κ1) is 13.5. The van der Waals surface area contributed by atoms with E-state index in [2.05, 4.69) is 4.74 Å². The SMILES string of the molecule is CCOC(=O)C(=O)N1CC(C(N)=O)CCC1C. The number of esters is 1. The van der Waals surface area contributed by atoms with Crippen molar-refractivity contribution in [3.05, 3.63) is 0 Å². The fourth-order valence-electron chi connectivity index (χ4n) is 1.93. The number of nitrogens with zero attached hydrogens (tertiary/aromatic N) is 1. The Morgan fingerprint density at radius 2 is 2.00 bits per heavy atom. The molecular weight excluding hydrogens is 224 g/mol. The summed E-state index contributed by atoms with van der Waals surface area (Å²) in [5, 5.41) is 0. The molecule has 0 bridgehead atoms. The predicted octanol–water partition coefficient (Wildman–Crippen LogP) is -0.338. The molecule has 1 fully saturated rings. The minimum absolute atomic E-state index is 0.0671. The van der Waals surface area contributed by atoms with Crippen LogP contribution in [0.5, 0.6) is 0 Å². The van der Waals surface area contributed by atoms with Crippen molar-refractivity contribution in [2.45, 2.75) is 32.7 Å². The first-order valence-corrected chi connectivity index (χ1v) is 5.74. The van der Waals surface area contributed by atoms with Crippen molar-refractivity contribution >= 4 is 17.8 Å². The van der Waals surface area contributed by atoms with Crippen molar-refractivity contribution in [3.63, 3.8) is 0 Å². The normalized spacial score (nSPS) is 24.2. The van der Waals surface area contributed by atoms with Crippen LogP contribution in [0.3, 0.4) is 0 Å². The number of rotatable bonds is 2. The fraction of sp³-hybridized carbons (Fsp3) is 0.727. The van der Waals surface area contributed by atoms with E-state index in [0.29, 0.717) is 12.8 Å². The maximum Gasteiger partial charge on any atom is 0.397 e. The van der Waals surface area contributed by atoms with Crippen LogP contribution in [0.25, 0.3) is 0 Å². The van der Waals surface area contributed by atoms with Gasteiger partial charge in [-0.15, -0.1) is 0 Å². The van der Waals surface area contributed by atoms with Gasteiger partial charge in [-0.3, -0.25) is 9.59 Å². The summed E-state index contributed by atoms with van der Waals surface area (Å²) in [6, 6.07) is -0.0671. The van der Waals surface area contributed by atoms with Crippen molar-refractivity contribution in [1.82, 2.24) is 4.90 Å². The van der Waals surface area contributed by atoms with E-state index in [1.54, 1.807) is 6.92 Å². The molecule has 1 aliphatic rings. The summed E-state index contributed by atoms with van der Waals surface area (Å²) in [7, 11) is 0. The third-order valence-electron chi connectivity index (χ3n) is 3.00. The lowest BCUT2D eigenvalue weighted by Gasteiger charge is -2.36. The molecule has 0 aromatic heterocycles. The van der Waals surface area contributed by atoms with E-state index in [1.165, 1.54) is 4.90 Å². The van der Waals surface area contributed by atoms with E-state index >= 15 is 0 Å². The van der Waals surface area contributed by atoms with Gasteiger partial charge in [0, 0.05) is 12.6 Å². The van der Waals surface area contributed by atoms with Crippen LogP contribution < -0.4 is 5.73 Å². The van der Waals surface area contributed by atoms with Crippen LogP contribution in [0.1, 0.15) is 26.7 Å². The molecule has 0 radical (unpaired) electrons. The molecule has 0 aromatic carbocycles. The topological polar surface area (TPSA) is 89.7 Å². The summed E-state index contributed by atoms with van der Waals surface area (Å²) in [4.78, 5) is 35.6. The minimum atomic E-state index is -0.871. The molecule has 2 N–H and O–H groups in total. The molecule has 2 unspecified atom stereocenters. The third-order valence-corrected chi connectivity index (χ3v) is 3.00. The lowest BCUT2D eigenvalue weighted by atomic mass is 9.93. The molecular formula is C11H18N2O4. The molecule has 0 saturated carbocycles. The molecule has 17 heavy (non-hydrogen) atoms. The van der Waals surface area contributed by atoms with Crippen LogP contribution in [0.15, 0.2) is 0 Å². The summed E-state index contributed by atoms with van der Waals surface area (Å²) in [6.45, 7) is 3.84. The average Bonchev–Trinajstić information content (AvgIpc) is 2.28. The lowest BCUT2D eigenvalue weighted by Crippen LogP contribution is -2.51. The van der Waals surface area contributed by atoms with Crippen molar-refractivity contribution in [1.29, 1.82) is 0 Å². The van der Waals surface area contributed by atoms with Gasteiger partial charge in [-0.25, -0.2) is 4.79 Å². The van der Waals surface area contributed by atoms with E-state index < -0.39 is 17.8 Å². The molecule has 1 heterocycles. The van der Waals surface area contributed by atoms with E-state index in [0.717, 1.165) is 0 Å². The highest BCUT2D eigenvalue weighted by Crippen LogP contribution is 2.21. The molecule has 0 aromatic rings. The second-order valence-corrected chi connectivity index (χ2v) is 4.20. The van der Waals surface area contributed by atoms with E-state index in [1.807, 2.05) is 6.92 Å². The molecule has 1 rings (SSSR count). The zero-order chi connectivity index (χ0) is 13.0.